The number of carbonyl (C=O) groups is 3. The van der Waals surface area contributed by atoms with Crippen molar-refractivity contribution >= 4 is 33.5 Å². The van der Waals surface area contributed by atoms with Gasteiger partial charge in [0.15, 0.2) is 6.10 Å². The number of ether oxygens (including phenoxy) is 1. The van der Waals surface area contributed by atoms with Gasteiger partial charge in [-0.05, 0) is 73.7 Å². The molecule has 3 N–H and O–H groups in total. The number of nitrogens with one attached hydrogen (secondary N) is 1. The van der Waals surface area contributed by atoms with E-state index in [1.54, 1.807) is 0 Å². The molecule has 0 spiro atoms. The first-order valence-corrected chi connectivity index (χ1v) is 12.4. The quantitative estimate of drug-likeness (QED) is 0.576. The summed E-state index contributed by atoms with van der Waals surface area (Å²) in [6.45, 7) is 6.42. The molecule has 3 rings (SSSR count). The van der Waals surface area contributed by atoms with Gasteiger partial charge in [0.2, 0.25) is 15.9 Å². The maximum atomic E-state index is 13.0. The van der Waals surface area contributed by atoms with Gasteiger partial charge in [0.25, 0.3) is 5.91 Å². The molecule has 1 aliphatic rings. The maximum Gasteiger partial charge on any atom is 0.338 e. The fraction of sp³-hybridized carbons (Fsp3) is 0.375. The third kappa shape index (κ3) is 6.00. The van der Waals surface area contributed by atoms with E-state index in [1.807, 2.05) is 13.8 Å². The maximum absolute atomic E-state index is 13.0. The Kier molecular flexibility index (Phi) is 7.73. The largest absolute Gasteiger partial charge is 0.449 e. The number of nitrogens with two attached hydrogens (primary N) is 1. The van der Waals surface area contributed by atoms with E-state index >= 15 is 0 Å². The number of carbonyl (C=O) groups excluding carboxylic acids is 3. The van der Waals surface area contributed by atoms with Crippen LogP contribution in [0.25, 0.3) is 0 Å². The molecule has 10 heteroatoms. The summed E-state index contributed by atoms with van der Waals surface area (Å²) in [4.78, 5) is 36.0. The average molecular weight is 488 g/mol. The number of rotatable bonds is 7. The minimum Gasteiger partial charge on any atom is -0.449 e. The first-order chi connectivity index (χ1) is 16.0. The fourth-order valence-electron chi connectivity index (χ4n) is 3.96. The van der Waals surface area contributed by atoms with Crippen LogP contribution in [0.3, 0.4) is 0 Å². The molecule has 1 fully saturated rings. The summed E-state index contributed by atoms with van der Waals surface area (Å²) in [5, 5.41) is 2.58. The summed E-state index contributed by atoms with van der Waals surface area (Å²) >= 11 is 0. The lowest BCUT2D eigenvalue weighted by molar-refractivity contribution is -0.123. The highest BCUT2D eigenvalue weighted by atomic mass is 32.2. The standard InChI is InChI=1S/C24H29N3O6S/c1-15-12-16(2)14-27(13-15)34(31,32)21-10-6-19(7-11-21)24(30)33-17(3)23(29)26-20-8-4-18(5-9-20)22(25)28/h4-11,15-17H,12-14H2,1-3H3,(H2,25,28)(H,26,29)/t15-,16+,17-/m1/s1. The van der Waals surface area contributed by atoms with Crippen molar-refractivity contribution in [2.45, 2.75) is 38.2 Å². The highest BCUT2D eigenvalue weighted by Crippen LogP contribution is 2.27. The molecule has 0 radical (unpaired) electrons. The Morgan fingerprint density at radius 2 is 1.50 bits per heavy atom. The topological polar surface area (TPSA) is 136 Å². The van der Waals surface area contributed by atoms with Gasteiger partial charge in [-0.25, -0.2) is 13.2 Å². The van der Waals surface area contributed by atoms with Gasteiger partial charge in [-0.2, -0.15) is 4.31 Å². The van der Waals surface area contributed by atoms with E-state index in [-0.39, 0.29) is 22.3 Å². The minimum atomic E-state index is -3.66. The SMILES string of the molecule is C[C@@H]1C[C@H](C)CN(S(=O)(=O)c2ccc(C(=O)O[C@H](C)C(=O)Nc3ccc(C(N)=O)cc3)cc2)C1. The second kappa shape index (κ2) is 10.4. The van der Waals surface area contributed by atoms with Crippen LogP contribution in [0.1, 0.15) is 47.9 Å². The fourth-order valence-corrected chi connectivity index (χ4v) is 5.64. The molecule has 1 heterocycles. The Labute approximate surface area is 199 Å². The van der Waals surface area contributed by atoms with Crippen LogP contribution in [0.15, 0.2) is 53.4 Å². The number of primary amides is 1. The van der Waals surface area contributed by atoms with Crippen LogP contribution in [0.2, 0.25) is 0 Å². The number of sulfonamides is 1. The van der Waals surface area contributed by atoms with E-state index in [2.05, 4.69) is 5.32 Å². The van der Waals surface area contributed by atoms with Crippen molar-refractivity contribution in [3.63, 3.8) is 0 Å². The normalized spacial score (nSPS) is 19.7. The van der Waals surface area contributed by atoms with Crippen molar-refractivity contribution in [2.75, 3.05) is 18.4 Å². The van der Waals surface area contributed by atoms with Gasteiger partial charge in [0, 0.05) is 24.3 Å². The summed E-state index contributed by atoms with van der Waals surface area (Å²) in [7, 11) is -3.66. The number of hydrogen-bond donors (Lipinski definition) is 2. The lowest BCUT2D eigenvalue weighted by Gasteiger charge is -2.34. The molecular weight excluding hydrogens is 458 g/mol. The summed E-state index contributed by atoms with van der Waals surface area (Å²) in [6, 6.07) is 11.5. The Hall–Kier alpha value is -3.24. The Balaban J connectivity index is 1.61. The van der Waals surface area contributed by atoms with Crippen LogP contribution >= 0.6 is 0 Å². The molecule has 2 amide bonds. The van der Waals surface area contributed by atoms with Crippen molar-refractivity contribution in [1.29, 1.82) is 0 Å². The van der Waals surface area contributed by atoms with E-state index in [0.29, 0.717) is 24.3 Å². The molecule has 9 nitrogen and oxygen atoms in total. The highest BCUT2D eigenvalue weighted by Gasteiger charge is 2.31. The van der Waals surface area contributed by atoms with Gasteiger partial charge < -0.3 is 15.8 Å². The van der Waals surface area contributed by atoms with E-state index in [9.17, 15) is 22.8 Å². The van der Waals surface area contributed by atoms with Gasteiger partial charge in [0.1, 0.15) is 0 Å². The van der Waals surface area contributed by atoms with Crippen LogP contribution in [0.4, 0.5) is 5.69 Å². The number of hydrogen-bond acceptors (Lipinski definition) is 6. The second-order valence-corrected chi connectivity index (χ2v) is 10.7. The zero-order chi connectivity index (χ0) is 25.0. The van der Waals surface area contributed by atoms with Crippen LogP contribution in [-0.2, 0) is 19.6 Å². The average Bonchev–Trinajstić information content (AvgIpc) is 2.78. The smallest absolute Gasteiger partial charge is 0.338 e. The van der Waals surface area contributed by atoms with Gasteiger partial charge in [0.05, 0.1) is 10.5 Å². The van der Waals surface area contributed by atoms with Crippen molar-refractivity contribution in [3.8, 4) is 0 Å². The van der Waals surface area contributed by atoms with Gasteiger partial charge in [-0.1, -0.05) is 13.8 Å². The van der Waals surface area contributed by atoms with Gasteiger partial charge >= 0.3 is 5.97 Å². The molecule has 0 aromatic heterocycles. The molecule has 182 valence electrons. The first kappa shape index (κ1) is 25.4. The lowest BCUT2D eigenvalue weighted by Crippen LogP contribution is -2.42. The van der Waals surface area contributed by atoms with Crippen molar-refractivity contribution in [3.05, 3.63) is 59.7 Å². The molecule has 1 aliphatic heterocycles. The number of piperidine rings is 1. The molecular formula is C24H29N3O6S. The minimum absolute atomic E-state index is 0.107. The lowest BCUT2D eigenvalue weighted by atomic mass is 9.94. The molecule has 1 saturated heterocycles. The van der Waals surface area contributed by atoms with Crippen LogP contribution in [0.5, 0.6) is 0 Å². The molecule has 0 unspecified atom stereocenters. The zero-order valence-electron chi connectivity index (χ0n) is 19.4. The van der Waals surface area contributed by atoms with E-state index in [0.717, 1.165) is 6.42 Å². The van der Waals surface area contributed by atoms with Crippen molar-refractivity contribution in [1.82, 2.24) is 4.31 Å². The van der Waals surface area contributed by atoms with E-state index in [4.69, 9.17) is 10.5 Å². The van der Waals surface area contributed by atoms with Crippen LogP contribution in [-0.4, -0.2) is 49.7 Å². The summed E-state index contributed by atoms with van der Waals surface area (Å²) in [5.74, 6) is -1.34. The zero-order valence-corrected chi connectivity index (χ0v) is 20.2. The van der Waals surface area contributed by atoms with Crippen molar-refractivity contribution < 1.29 is 27.5 Å². The highest BCUT2D eigenvalue weighted by molar-refractivity contribution is 7.89. The second-order valence-electron chi connectivity index (χ2n) is 8.77. The molecule has 2 aromatic rings. The molecule has 34 heavy (non-hydrogen) atoms. The number of benzene rings is 2. The number of anilines is 1. The predicted molar refractivity (Wildman–Crippen MR) is 127 cm³/mol. The molecule has 2 aromatic carbocycles. The Morgan fingerprint density at radius 3 is 2.03 bits per heavy atom. The molecule has 3 atom stereocenters. The summed E-state index contributed by atoms with van der Waals surface area (Å²) < 4.78 is 32.7. The number of amides is 2. The van der Waals surface area contributed by atoms with E-state index < -0.39 is 33.9 Å². The van der Waals surface area contributed by atoms with Gasteiger partial charge in [-0.3, -0.25) is 9.59 Å². The predicted octanol–water partition coefficient (Wildman–Crippen LogP) is 2.64. The monoisotopic (exact) mass is 487 g/mol. The van der Waals surface area contributed by atoms with Crippen LogP contribution in [0, 0.1) is 11.8 Å². The Bertz CT molecular complexity index is 1150. The molecule has 0 bridgehead atoms. The third-order valence-corrected chi connectivity index (χ3v) is 7.50. The van der Waals surface area contributed by atoms with Crippen molar-refractivity contribution in [2.24, 2.45) is 17.6 Å². The first-order valence-electron chi connectivity index (χ1n) is 11.0. The van der Waals surface area contributed by atoms with E-state index in [1.165, 1.54) is 59.8 Å². The van der Waals surface area contributed by atoms with Crippen LogP contribution < -0.4 is 11.1 Å². The summed E-state index contributed by atoms with van der Waals surface area (Å²) in [5.41, 5.74) is 6.02. The van der Waals surface area contributed by atoms with Gasteiger partial charge in [-0.15, -0.1) is 0 Å². The Morgan fingerprint density at radius 1 is 0.971 bits per heavy atom. The third-order valence-electron chi connectivity index (χ3n) is 5.65. The molecule has 0 aliphatic carbocycles. The molecule has 0 saturated carbocycles. The summed E-state index contributed by atoms with van der Waals surface area (Å²) in [6.07, 6.45) is -0.121. The number of nitrogens with zero attached hydrogens (tertiary/aromatic N) is 1. The number of esters is 1.